The van der Waals surface area contributed by atoms with Crippen LogP contribution in [0.5, 0.6) is 0 Å². The van der Waals surface area contributed by atoms with Gasteiger partial charge in [-0.05, 0) is 29.7 Å². The van der Waals surface area contributed by atoms with Crippen LogP contribution in [0.4, 0.5) is 13.6 Å². The zero-order chi connectivity index (χ0) is 22.8. The zero-order valence-electron chi connectivity index (χ0n) is 17.3. The van der Waals surface area contributed by atoms with Crippen LogP contribution in [0.15, 0.2) is 48.5 Å². The first-order chi connectivity index (χ1) is 15.3. The average molecular weight is 443 g/mol. The van der Waals surface area contributed by atoms with Crippen LogP contribution in [-0.4, -0.2) is 69.6 Å². The third kappa shape index (κ3) is 4.28. The quantitative estimate of drug-likeness (QED) is 0.770. The van der Waals surface area contributed by atoms with Crippen molar-refractivity contribution in [2.24, 2.45) is 0 Å². The van der Waals surface area contributed by atoms with Crippen LogP contribution in [0.2, 0.25) is 0 Å². The van der Waals surface area contributed by atoms with E-state index in [4.69, 9.17) is 0 Å². The number of carbonyl (C=O) groups excluding carboxylic acids is 2. The van der Waals surface area contributed by atoms with Gasteiger partial charge in [-0.3, -0.25) is 14.5 Å². The summed E-state index contributed by atoms with van der Waals surface area (Å²) in [5, 5.41) is 9.66. The summed E-state index contributed by atoms with van der Waals surface area (Å²) < 4.78 is 27.1. The normalized spacial score (nSPS) is 21.0. The van der Waals surface area contributed by atoms with Crippen molar-refractivity contribution in [1.29, 1.82) is 0 Å². The van der Waals surface area contributed by atoms with E-state index in [-0.39, 0.29) is 37.7 Å². The molecule has 2 aliphatic rings. The Labute approximate surface area is 183 Å². The van der Waals surface area contributed by atoms with Crippen LogP contribution in [0.1, 0.15) is 17.5 Å². The minimum atomic E-state index is -1.17. The third-order valence-corrected chi connectivity index (χ3v) is 6.02. The summed E-state index contributed by atoms with van der Waals surface area (Å²) in [7, 11) is 0. The van der Waals surface area contributed by atoms with Crippen molar-refractivity contribution in [3.8, 4) is 0 Å². The molecule has 0 aromatic heterocycles. The number of carbonyl (C=O) groups is 3. The fourth-order valence-electron chi connectivity index (χ4n) is 4.40. The van der Waals surface area contributed by atoms with E-state index in [2.05, 4.69) is 0 Å². The molecule has 0 radical (unpaired) electrons. The first kappa shape index (κ1) is 21.7. The summed E-state index contributed by atoms with van der Waals surface area (Å²) in [5.41, 5.74) is 1.38. The van der Waals surface area contributed by atoms with Crippen LogP contribution in [0.3, 0.4) is 0 Å². The highest BCUT2D eigenvalue weighted by atomic mass is 19.2. The molecule has 2 fully saturated rings. The minimum absolute atomic E-state index is 0.0334. The molecule has 0 aliphatic carbocycles. The molecular weight excluding hydrogens is 420 g/mol. The number of piperazine rings is 1. The second-order valence-corrected chi connectivity index (χ2v) is 8.00. The van der Waals surface area contributed by atoms with Crippen molar-refractivity contribution in [2.75, 3.05) is 19.6 Å². The fraction of sp³-hybridized carbons (Fsp3) is 0.348. The number of halogens is 2. The molecular formula is C23H23F2N3O4. The largest absolute Gasteiger partial charge is 0.465 e. The van der Waals surface area contributed by atoms with E-state index in [1.807, 2.05) is 30.3 Å². The lowest BCUT2D eigenvalue weighted by Crippen LogP contribution is -2.71. The maximum absolute atomic E-state index is 13.8. The number of nitrogens with zero attached hydrogens (tertiary/aromatic N) is 3. The second-order valence-electron chi connectivity index (χ2n) is 8.00. The van der Waals surface area contributed by atoms with Crippen molar-refractivity contribution >= 4 is 17.9 Å². The highest BCUT2D eigenvalue weighted by Gasteiger charge is 2.48. The van der Waals surface area contributed by atoms with E-state index in [9.17, 15) is 28.3 Å². The molecule has 2 atom stereocenters. The molecule has 0 bridgehead atoms. The van der Waals surface area contributed by atoms with Gasteiger partial charge in [-0.1, -0.05) is 36.4 Å². The highest BCUT2D eigenvalue weighted by molar-refractivity contribution is 5.90. The Hall–Kier alpha value is -3.49. The molecule has 2 aromatic rings. The monoisotopic (exact) mass is 443 g/mol. The Morgan fingerprint density at radius 2 is 1.78 bits per heavy atom. The number of rotatable bonds is 5. The summed E-state index contributed by atoms with van der Waals surface area (Å²) in [5.74, 6) is -2.70. The summed E-state index contributed by atoms with van der Waals surface area (Å²) in [4.78, 5) is 42.0. The predicted molar refractivity (Wildman–Crippen MR) is 111 cm³/mol. The van der Waals surface area contributed by atoms with Crippen LogP contribution in [-0.2, 0) is 22.4 Å². The van der Waals surface area contributed by atoms with Crippen LogP contribution >= 0.6 is 0 Å². The third-order valence-electron chi connectivity index (χ3n) is 6.02. The smallest absolute Gasteiger partial charge is 0.409 e. The topological polar surface area (TPSA) is 81.2 Å². The summed E-state index contributed by atoms with van der Waals surface area (Å²) >= 11 is 0. The molecule has 0 unspecified atom stereocenters. The maximum atomic E-state index is 13.8. The van der Waals surface area contributed by atoms with Gasteiger partial charge >= 0.3 is 6.09 Å². The van der Waals surface area contributed by atoms with Gasteiger partial charge in [0.25, 0.3) is 0 Å². The lowest BCUT2D eigenvalue weighted by molar-refractivity contribution is -0.167. The fourth-order valence-corrected chi connectivity index (χ4v) is 4.40. The number of benzene rings is 2. The summed E-state index contributed by atoms with van der Waals surface area (Å²) in [6.07, 6.45) is -1.49. The van der Waals surface area contributed by atoms with E-state index in [1.165, 1.54) is 15.9 Å². The van der Waals surface area contributed by atoms with E-state index < -0.39 is 29.9 Å². The van der Waals surface area contributed by atoms with Crippen molar-refractivity contribution in [3.63, 3.8) is 0 Å². The molecule has 1 N–H and O–H groups in total. The van der Waals surface area contributed by atoms with Gasteiger partial charge in [0.1, 0.15) is 12.2 Å². The predicted octanol–water partition coefficient (Wildman–Crippen LogP) is 2.50. The van der Waals surface area contributed by atoms with E-state index in [1.54, 1.807) is 4.90 Å². The molecule has 168 valence electrons. The molecule has 2 aromatic carbocycles. The Kier molecular flexibility index (Phi) is 6.07. The molecule has 0 saturated carbocycles. The average Bonchev–Trinajstić information content (AvgIpc) is 2.77. The Morgan fingerprint density at radius 3 is 2.47 bits per heavy atom. The first-order valence-corrected chi connectivity index (χ1v) is 10.4. The molecule has 9 heteroatoms. The van der Waals surface area contributed by atoms with Crippen molar-refractivity contribution in [2.45, 2.75) is 31.5 Å². The highest BCUT2D eigenvalue weighted by Crippen LogP contribution is 2.28. The van der Waals surface area contributed by atoms with Gasteiger partial charge in [-0.15, -0.1) is 0 Å². The zero-order valence-corrected chi connectivity index (χ0v) is 17.3. The number of hydrogen-bond donors (Lipinski definition) is 1. The molecule has 2 saturated heterocycles. The number of fused-ring (bicyclic) bond motifs is 1. The van der Waals surface area contributed by atoms with Gasteiger partial charge < -0.3 is 14.9 Å². The molecule has 0 spiro atoms. The molecule has 32 heavy (non-hydrogen) atoms. The number of hydrogen-bond acceptors (Lipinski definition) is 3. The lowest BCUT2D eigenvalue weighted by Gasteiger charge is -2.51. The van der Waals surface area contributed by atoms with Gasteiger partial charge in [0.05, 0.1) is 6.54 Å². The van der Waals surface area contributed by atoms with E-state index in [0.717, 1.165) is 17.7 Å². The van der Waals surface area contributed by atoms with Crippen molar-refractivity contribution in [1.82, 2.24) is 14.7 Å². The van der Waals surface area contributed by atoms with Gasteiger partial charge in [-0.25, -0.2) is 13.6 Å². The molecule has 4 rings (SSSR count). The summed E-state index contributed by atoms with van der Waals surface area (Å²) in [6, 6.07) is 11.9. The molecule has 2 aliphatic heterocycles. The number of carboxylic acid groups (broad SMARTS) is 1. The standard InChI is InChI=1S/C23H23F2N3O4/c24-17-7-6-16(12-18(17)25)13-19-22(30)26(10-8-15-4-2-1-3-5-15)14-20-27(23(31)32)11-9-21(29)28(19)20/h1-7,12,19-20H,8-11,13-14H2,(H,31,32)/t19-,20+/m0/s1. The van der Waals surface area contributed by atoms with Crippen molar-refractivity contribution in [3.05, 3.63) is 71.3 Å². The van der Waals surface area contributed by atoms with Crippen LogP contribution < -0.4 is 0 Å². The van der Waals surface area contributed by atoms with Crippen LogP contribution in [0.25, 0.3) is 0 Å². The minimum Gasteiger partial charge on any atom is -0.465 e. The van der Waals surface area contributed by atoms with E-state index >= 15 is 0 Å². The SMILES string of the molecule is O=C1[C@H](Cc2ccc(F)c(F)c2)N2C(=O)CCN(C(=O)O)[C@H]2CN1CCc1ccccc1. The Balaban J connectivity index is 1.63. The molecule has 3 amide bonds. The van der Waals surface area contributed by atoms with Gasteiger partial charge in [-0.2, -0.15) is 0 Å². The van der Waals surface area contributed by atoms with Gasteiger partial charge in [0.15, 0.2) is 11.6 Å². The molecule has 2 heterocycles. The first-order valence-electron chi connectivity index (χ1n) is 10.4. The maximum Gasteiger partial charge on any atom is 0.409 e. The second kappa shape index (κ2) is 8.94. The Bertz CT molecular complexity index is 1030. The van der Waals surface area contributed by atoms with Crippen molar-refractivity contribution < 1.29 is 28.3 Å². The summed E-state index contributed by atoms with van der Waals surface area (Å²) in [6.45, 7) is 0.467. The number of amides is 3. The van der Waals surface area contributed by atoms with Gasteiger partial charge in [0, 0.05) is 25.9 Å². The van der Waals surface area contributed by atoms with E-state index in [0.29, 0.717) is 18.5 Å². The lowest BCUT2D eigenvalue weighted by atomic mass is 9.97. The molecule has 7 nitrogen and oxygen atoms in total. The van der Waals surface area contributed by atoms with Crippen LogP contribution in [0, 0.1) is 11.6 Å². The Morgan fingerprint density at radius 1 is 1.03 bits per heavy atom. The van der Waals surface area contributed by atoms with Gasteiger partial charge in [0.2, 0.25) is 11.8 Å².